The van der Waals surface area contributed by atoms with Crippen molar-refractivity contribution in [1.82, 2.24) is 16.0 Å². The van der Waals surface area contributed by atoms with Gasteiger partial charge in [0, 0.05) is 45.7 Å². The lowest BCUT2D eigenvalue weighted by Crippen LogP contribution is -2.45. The SMILES string of the molecule is CCCNC(=O)CCNC(=NC)NC1CCN(c2ccccc2OC)C1. The summed E-state index contributed by atoms with van der Waals surface area (Å²) >= 11 is 0. The van der Waals surface area contributed by atoms with E-state index in [1.807, 2.05) is 25.1 Å². The van der Waals surface area contributed by atoms with Crippen molar-refractivity contribution in [3.05, 3.63) is 24.3 Å². The first-order valence-corrected chi connectivity index (χ1v) is 9.29. The van der Waals surface area contributed by atoms with Crippen molar-refractivity contribution in [2.24, 2.45) is 4.99 Å². The van der Waals surface area contributed by atoms with Crippen LogP contribution >= 0.6 is 0 Å². The van der Waals surface area contributed by atoms with E-state index < -0.39 is 0 Å². The predicted molar refractivity (Wildman–Crippen MR) is 106 cm³/mol. The van der Waals surface area contributed by atoms with Crippen molar-refractivity contribution >= 4 is 17.6 Å². The predicted octanol–water partition coefficient (Wildman–Crippen LogP) is 1.36. The van der Waals surface area contributed by atoms with E-state index in [9.17, 15) is 4.79 Å². The fourth-order valence-electron chi connectivity index (χ4n) is 3.02. The van der Waals surface area contributed by atoms with E-state index in [0.29, 0.717) is 19.0 Å². The van der Waals surface area contributed by atoms with E-state index in [0.717, 1.165) is 49.9 Å². The highest BCUT2D eigenvalue weighted by Gasteiger charge is 2.25. The van der Waals surface area contributed by atoms with Gasteiger partial charge in [0.1, 0.15) is 5.75 Å². The molecule has 1 aliphatic heterocycles. The number of carbonyl (C=O) groups excluding carboxylic acids is 1. The Morgan fingerprint density at radius 2 is 2.12 bits per heavy atom. The molecule has 1 amide bonds. The lowest BCUT2D eigenvalue weighted by Gasteiger charge is -2.22. The minimum atomic E-state index is 0.0676. The standard InChI is InChI=1S/C19H31N5O2/c1-4-11-21-18(25)9-12-22-19(20-2)23-15-10-13-24(14-15)16-7-5-6-8-17(16)26-3/h5-8,15H,4,9-14H2,1-3H3,(H,21,25)(H2,20,22,23). The number of aliphatic imine (C=N–C) groups is 1. The molecule has 1 aromatic carbocycles. The monoisotopic (exact) mass is 361 g/mol. The van der Waals surface area contributed by atoms with Crippen molar-refractivity contribution in [1.29, 1.82) is 0 Å². The van der Waals surface area contributed by atoms with E-state index in [2.05, 4.69) is 31.9 Å². The van der Waals surface area contributed by atoms with Gasteiger partial charge in [-0.25, -0.2) is 0 Å². The third-order valence-corrected chi connectivity index (χ3v) is 4.40. The molecule has 0 radical (unpaired) electrons. The molecule has 1 heterocycles. The normalized spacial score (nSPS) is 17.1. The molecule has 0 saturated carbocycles. The molecule has 0 aromatic heterocycles. The van der Waals surface area contributed by atoms with E-state index in [1.54, 1.807) is 14.2 Å². The first kappa shape index (κ1) is 19.9. The van der Waals surface area contributed by atoms with Gasteiger partial charge in [-0.15, -0.1) is 0 Å². The van der Waals surface area contributed by atoms with Crippen LogP contribution < -0.4 is 25.6 Å². The summed E-state index contributed by atoms with van der Waals surface area (Å²) in [5, 5.41) is 9.53. The zero-order chi connectivity index (χ0) is 18.8. The Hall–Kier alpha value is -2.44. The number of para-hydroxylation sites is 2. The average molecular weight is 361 g/mol. The quantitative estimate of drug-likeness (QED) is 0.481. The summed E-state index contributed by atoms with van der Waals surface area (Å²) in [6.45, 7) is 5.19. The van der Waals surface area contributed by atoms with Crippen LogP contribution in [0, 0.1) is 0 Å². The minimum absolute atomic E-state index is 0.0676. The van der Waals surface area contributed by atoms with Crippen LogP contribution in [0.25, 0.3) is 0 Å². The summed E-state index contributed by atoms with van der Waals surface area (Å²) in [6.07, 6.45) is 2.42. The number of hydrogen-bond acceptors (Lipinski definition) is 4. The molecule has 0 bridgehead atoms. The number of guanidine groups is 1. The van der Waals surface area contributed by atoms with Crippen LogP contribution in [0.15, 0.2) is 29.3 Å². The molecule has 1 aromatic rings. The summed E-state index contributed by atoms with van der Waals surface area (Å²) in [7, 11) is 3.45. The summed E-state index contributed by atoms with van der Waals surface area (Å²) in [6, 6.07) is 8.39. The highest BCUT2D eigenvalue weighted by atomic mass is 16.5. The maximum absolute atomic E-state index is 11.6. The number of anilines is 1. The first-order valence-electron chi connectivity index (χ1n) is 9.29. The topological polar surface area (TPSA) is 78.0 Å². The van der Waals surface area contributed by atoms with E-state index in [4.69, 9.17) is 4.74 Å². The molecule has 26 heavy (non-hydrogen) atoms. The number of hydrogen-bond donors (Lipinski definition) is 3. The second kappa shape index (κ2) is 10.5. The molecule has 1 aliphatic rings. The van der Waals surface area contributed by atoms with Gasteiger partial charge in [-0.3, -0.25) is 9.79 Å². The van der Waals surface area contributed by atoms with Gasteiger partial charge in [-0.1, -0.05) is 19.1 Å². The molecule has 144 valence electrons. The Bertz CT molecular complexity index is 605. The van der Waals surface area contributed by atoms with Gasteiger partial charge in [0.25, 0.3) is 0 Å². The number of nitrogens with one attached hydrogen (secondary N) is 3. The van der Waals surface area contributed by atoms with Gasteiger partial charge in [0.05, 0.1) is 12.8 Å². The third kappa shape index (κ3) is 5.82. The molecular weight excluding hydrogens is 330 g/mol. The Morgan fingerprint density at radius 1 is 1.31 bits per heavy atom. The van der Waals surface area contributed by atoms with Crippen molar-refractivity contribution in [3.8, 4) is 5.75 Å². The number of methoxy groups -OCH3 is 1. The van der Waals surface area contributed by atoms with Gasteiger partial charge in [0.15, 0.2) is 5.96 Å². The van der Waals surface area contributed by atoms with Gasteiger partial charge < -0.3 is 25.6 Å². The zero-order valence-corrected chi connectivity index (χ0v) is 16.0. The molecule has 7 heteroatoms. The van der Waals surface area contributed by atoms with Crippen LogP contribution in [-0.2, 0) is 4.79 Å². The Kier molecular flexibility index (Phi) is 8.05. The van der Waals surface area contributed by atoms with Crippen molar-refractivity contribution in [2.45, 2.75) is 32.2 Å². The molecule has 3 N–H and O–H groups in total. The highest BCUT2D eigenvalue weighted by Crippen LogP contribution is 2.30. The Morgan fingerprint density at radius 3 is 2.85 bits per heavy atom. The third-order valence-electron chi connectivity index (χ3n) is 4.40. The van der Waals surface area contributed by atoms with Crippen LogP contribution in [0.5, 0.6) is 5.75 Å². The summed E-state index contributed by atoms with van der Waals surface area (Å²) in [4.78, 5) is 18.2. The van der Waals surface area contributed by atoms with E-state index in [-0.39, 0.29) is 5.91 Å². The number of amides is 1. The second-order valence-electron chi connectivity index (χ2n) is 6.35. The average Bonchev–Trinajstić information content (AvgIpc) is 3.13. The lowest BCUT2D eigenvalue weighted by atomic mass is 10.2. The maximum Gasteiger partial charge on any atom is 0.221 e. The van der Waals surface area contributed by atoms with E-state index in [1.165, 1.54) is 0 Å². The van der Waals surface area contributed by atoms with Crippen LogP contribution in [-0.4, -0.2) is 58.2 Å². The number of ether oxygens (including phenoxy) is 1. The summed E-state index contributed by atoms with van der Waals surface area (Å²) in [5.41, 5.74) is 1.12. The Labute approximate surface area is 156 Å². The van der Waals surface area contributed by atoms with Gasteiger partial charge in [0.2, 0.25) is 5.91 Å². The van der Waals surface area contributed by atoms with Crippen molar-refractivity contribution in [3.63, 3.8) is 0 Å². The first-order chi connectivity index (χ1) is 12.7. The van der Waals surface area contributed by atoms with Crippen molar-refractivity contribution in [2.75, 3.05) is 45.2 Å². The van der Waals surface area contributed by atoms with E-state index >= 15 is 0 Å². The number of carbonyl (C=O) groups is 1. The number of nitrogens with zero attached hydrogens (tertiary/aromatic N) is 2. The molecule has 1 atom stereocenters. The fourth-order valence-corrected chi connectivity index (χ4v) is 3.02. The molecular formula is C19H31N5O2. The fraction of sp³-hybridized carbons (Fsp3) is 0.579. The maximum atomic E-state index is 11.6. The smallest absolute Gasteiger partial charge is 0.221 e. The molecule has 2 rings (SSSR count). The zero-order valence-electron chi connectivity index (χ0n) is 16.0. The molecule has 1 saturated heterocycles. The van der Waals surface area contributed by atoms with Gasteiger partial charge >= 0.3 is 0 Å². The molecule has 1 fully saturated rings. The lowest BCUT2D eigenvalue weighted by molar-refractivity contribution is -0.120. The van der Waals surface area contributed by atoms with Crippen LogP contribution in [0.3, 0.4) is 0 Å². The van der Waals surface area contributed by atoms with Crippen LogP contribution in [0.4, 0.5) is 5.69 Å². The Balaban J connectivity index is 1.78. The van der Waals surface area contributed by atoms with Gasteiger partial charge in [-0.05, 0) is 25.0 Å². The molecule has 0 aliphatic carbocycles. The molecule has 0 spiro atoms. The summed E-state index contributed by atoms with van der Waals surface area (Å²) in [5.74, 6) is 1.70. The summed E-state index contributed by atoms with van der Waals surface area (Å²) < 4.78 is 5.46. The molecule has 7 nitrogen and oxygen atoms in total. The number of rotatable bonds is 8. The second-order valence-corrected chi connectivity index (χ2v) is 6.35. The van der Waals surface area contributed by atoms with Crippen LogP contribution in [0.2, 0.25) is 0 Å². The van der Waals surface area contributed by atoms with Gasteiger partial charge in [-0.2, -0.15) is 0 Å². The van der Waals surface area contributed by atoms with Crippen LogP contribution in [0.1, 0.15) is 26.2 Å². The van der Waals surface area contributed by atoms with Crippen molar-refractivity contribution < 1.29 is 9.53 Å². The number of benzene rings is 1. The molecule has 1 unspecified atom stereocenters. The minimum Gasteiger partial charge on any atom is -0.495 e. The highest BCUT2D eigenvalue weighted by molar-refractivity contribution is 5.81. The largest absolute Gasteiger partial charge is 0.495 e.